The molecular weight excluding hydrogens is 320 g/mol. The molecule has 3 rings (SSSR count). The summed E-state index contributed by atoms with van der Waals surface area (Å²) >= 11 is 0. The highest BCUT2D eigenvalue weighted by atomic mass is 16.7. The summed E-state index contributed by atoms with van der Waals surface area (Å²) in [5, 5.41) is 9.33. The molecule has 2 heterocycles. The van der Waals surface area contributed by atoms with Crippen LogP contribution in [0.4, 0.5) is 0 Å². The van der Waals surface area contributed by atoms with Crippen LogP contribution in [0.3, 0.4) is 0 Å². The molecule has 2 aromatic rings. The zero-order valence-corrected chi connectivity index (χ0v) is 12.9. The number of hydrogen-bond acceptors (Lipinski definition) is 8. The first-order chi connectivity index (χ1) is 11.6. The van der Waals surface area contributed by atoms with Crippen LogP contribution in [0.25, 0.3) is 0 Å². The molecule has 9 heteroatoms. The van der Waals surface area contributed by atoms with Crippen LogP contribution >= 0.6 is 0 Å². The molecule has 0 aliphatic carbocycles. The van der Waals surface area contributed by atoms with Crippen LogP contribution in [0.2, 0.25) is 0 Å². The van der Waals surface area contributed by atoms with E-state index < -0.39 is 12.1 Å². The lowest BCUT2D eigenvalue weighted by molar-refractivity contribution is -0.159. The number of carboxylic acids is 1. The second-order valence-electron chi connectivity index (χ2n) is 4.65. The van der Waals surface area contributed by atoms with Crippen LogP contribution in [0, 0.1) is 0 Å². The minimum absolute atomic E-state index is 0.0608. The number of carbonyl (C=O) groups is 1. The van der Waals surface area contributed by atoms with Crippen LogP contribution in [0.5, 0.6) is 29.3 Å². The SMILES string of the molecule is COc1cc(OC)nc(Oc2cccc3c2C(C(=O)O)OCO3)n1. The Labute approximate surface area is 136 Å². The van der Waals surface area contributed by atoms with Crippen molar-refractivity contribution < 1.29 is 33.6 Å². The Hall–Kier alpha value is -3.07. The third-order valence-corrected chi connectivity index (χ3v) is 3.24. The zero-order chi connectivity index (χ0) is 17.1. The van der Waals surface area contributed by atoms with E-state index in [2.05, 4.69) is 9.97 Å². The second kappa shape index (κ2) is 6.59. The number of rotatable bonds is 5. The Morgan fingerprint density at radius 2 is 1.96 bits per heavy atom. The van der Waals surface area contributed by atoms with Gasteiger partial charge in [-0.1, -0.05) is 6.07 Å². The van der Waals surface area contributed by atoms with Crippen LogP contribution in [0.15, 0.2) is 24.3 Å². The number of fused-ring (bicyclic) bond motifs is 1. The minimum atomic E-state index is -1.21. The van der Waals surface area contributed by atoms with Gasteiger partial charge in [0, 0.05) is 0 Å². The first kappa shape index (κ1) is 15.8. The lowest BCUT2D eigenvalue weighted by Gasteiger charge is -2.25. The summed E-state index contributed by atoms with van der Waals surface area (Å²) in [5.41, 5.74) is 0.252. The molecule has 0 amide bonds. The van der Waals surface area contributed by atoms with Gasteiger partial charge in [0.05, 0.1) is 25.8 Å². The molecule has 1 N–H and O–H groups in total. The maximum atomic E-state index is 11.4. The fourth-order valence-corrected chi connectivity index (χ4v) is 2.18. The summed E-state index contributed by atoms with van der Waals surface area (Å²) in [7, 11) is 2.89. The van der Waals surface area contributed by atoms with Crippen LogP contribution in [0.1, 0.15) is 11.7 Å². The number of carboxylic acid groups (broad SMARTS) is 1. The molecule has 1 atom stereocenters. The Kier molecular flexibility index (Phi) is 4.34. The van der Waals surface area contributed by atoms with Crippen LogP contribution in [-0.4, -0.2) is 42.1 Å². The minimum Gasteiger partial charge on any atom is -0.481 e. The predicted octanol–water partition coefficient (Wildman–Crippen LogP) is 1.78. The van der Waals surface area contributed by atoms with Gasteiger partial charge in [-0.2, -0.15) is 9.97 Å². The third kappa shape index (κ3) is 3.01. The number of ether oxygens (including phenoxy) is 5. The van der Waals surface area contributed by atoms with Gasteiger partial charge in [0.2, 0.25) is 11.8 Å². The molecule has 1 aliphatic heterocycles. The monoisotopic (exact) mass is 334 g/mol. The van der Waals surface area contributed by atoms with Crippen molar-refractivity contribution in [1.82, 2.24) is 9.97 Å². The first-order valence-electron chi connectivity index (χ1n) is 6.87. The lowest BCUT2D eigenvalue weighted by atomic mass is 10.1. The molecule has 0 spiro atoms. The molecule has 1 unspecified atom stereocenters. The molecule has 126 valence electrons. The van der Waals surface area contributed by atoms with Crippen LogP contribution in [-0.2, 0) is 9.53 Å². The van der Waals surface area contributed by atoms with E-state index in [9.17, 15) is 9.90 Å². The normalized spacial score (nSPS) is 15.8. The van der Waals surface area contributed by atoms with Crippen molar-refractivity contribution in [2.24, 2.45) is 0 Å². The summed E-state index contributed by atoms with van der Waals surface area (Å²) in [6, 6.07) is 6.29. The Morgan fingerprint density at radius 3 is 2.58 bits per heavy atom. The molecule has 1 aromatic heterocycles. The Morgan fingerprint density at radius 1 is 1.25 bits per heavy atom. The number of nitrogens with zero attached hydrogens (tertiary/aromatic N) is 2. The quantitative estimate of drug-likeness (QED) is 0.874. The first-order valence-corrected chi connectivity index (χ1v) is 6.87. The average molecular weight is 334 g/mol. The molecule has 9 nitrogen and oxygen atoms in total. The highest BCUT2D eigenvalue weighted by molar-refractivity contribution is 5.77. The van der Waals surface area contributed by atoms with E-state index in [1.165, 1.54) is 20.3 Å². The molecule has 0 bridgehead atoms. The van der Waals surface area contributed by atoms with Crippen LogP contribution < -0.4 is 18.9 Å². The van der Waals surface area contributed by atoms with E-state index in [-0.39, 0.29) is 35.9 Å². The van der Waals surface area contributed by atoms with E-state index in [1.54, 1.807) is 18.2 Å². The van der Waals surface area contributed by atoms with Gasteiger partial charge in [0.15, 0.2) is 12.9 Å². The topological polar surface area (TPSA) is 109 Å². The van der Waals surface area contributed by atoms with Gasteiger partial charge in [0.1, 0.15) is 11.5 Å². The Balaban J connectivity index is 2.01. The molecule has 1 aliphatic rings. The summed E-state index contributed by atoms with van der Waals surface area (Å²) in [6.07, 6.45) is -1.21. The highest BCUT2D eigenvalue weighted by Crippen LogP contribution is 2.40. The van der Waals surface area contributed by atoms with Crippen molar-refractivity contribution in [2.75, 3.05) is 21.0 Å². The second-order valence-corrected chi connectivity index (χ2v) is 4.65. The maximum Gasteiger partial charge on any atom is 0.337 e. The molecular formula is C15H14N2O7. The molecule has 0 saturated heterocycles. The fourth-order valence-electron chi connectivity index (χ4n) is 2.18. The van der Waals surface area contributed by atoms with Gasteiger partial charge in [-0.25, -0.2) is 4.79 Å². The van der Waals surface area contributed by atoms with E-state index in [0.29, 0.717) is 5.75 Å². The van der Waals surface area contributed by atoms with E-state index >= 15 is 0 Å². The average Bonchev–Trinajstić information content (AvgIpc) is 2.61. The van der Waals surface area contributed by atoms with Gasteiger partial charge in [-0.05, 0) is 12.1 Å². The third-order valence-electron chi connectivity index (χ3n) is 3.24. The van der Waals surface area contributed by atoms with Crippen molar-refractivity contribution in [3.05, 3.63) is 29.8 Å². The summed E-state index contributed by atoms with van der Waals surface area (Å²) in [5.74, 6) is -0.108. The van der Waals surface area contributed by atoms with Gasteiger partial charge >= 0.3 is 12.0 Å². The summed E-state index contributed by atoms with van der Waals surface area (Å²) in [6.45, 7) is -0.156. The van der Waals surface area contributed by atoms with Crippen molar-refractivity contribution in [3.63, 3.8) is 0 Å². The number of hydrogen-bond donors (Lipinski definition) is 1. The fraction of sp³-hybridized carbons (Fsp3) is 0.267. The lowest BCUT2D eigenvalue weighted by Crippen LogP contribution is -2.24. The summed E-state index contributed by atoms with van der Waals surface area (Å²) < 4.78 is 26.2. The molecule has 1 aromatic carbocycles. The van der Waals surface area contributed by atoms with Crippen molar-refractivity contribution in [1.29, 1.82) is 0 Å². The van der Waals surface area contributed by atoms with E-state index in [4.69, 9.17) is 23.7 Å². The molecule has 24 heavy (non-hydrogen) atoms. The van der Waals surface area contributed by atoms with E-state index in [1.807, 2.05) is 0 Å². The molecule has 0 saturated carbocycles. The predicted molar refractivity (Wildman–Crippen MR) is 78.6 cm³/mol. The maximum absolute atomic E-state index is 11.4. The zero-order valence-electron chi connectivity index (χ0n) is 12.9. The molecule has 0 radical (unpaired) electrons. The largest absolute Gasteiger partial charge is 0.481 e. The number of benzene rings is 1. The number of aromatic nitrogens is 2. The van der Waals surface area contributed by atoms with Crippen molar-refractivity contribution >= 4 is 5.97 Å². The molecule has 0 fully saturated rings. The van der Waals surface area contributed by atoms with E-state index in [0.717, 1.165) is 0 Å². The summed E-state index contributed by atoms with van der Waals surface area (Å²) in [4.78, 5) is 19.5. The Bertz CT molecular complexity index is 743. The van der Waals surface area contributed by atoms with Crippen molar-refractivity contribution in [2.45, 2.75) is 6.10 Å². The highest BCUT2D eigenvalue weighted by Gasteiger charge is 2.32. The van der Waals surface area contributed by atoms with Gasteiger partial charge in [-0.3, -0.25) is 0 Å². The number of aliphatic carboxylic acids is 1. The van der Waals surface area contributed by atoms with Crippen molar-refractivity contribution in [3.8, 4) is 29.3 Å². The van der Waals surface area contributed by atoms with Gasteiger partial charge in [0.25, 0.3) is 0 Å². The number of methoxy groups -OCH3 is 2. The smallest absolute Gasteiger partial charge is 0.337 e. The van der Waals surface area contributed by atoms with Gasteiger partial charge < -0.3 is 28.8 Å². The van der Waals surface area contributed by atoms with Gasteiger partial charge in [-0.15, -0.1) is 0 Å². The standard InChI is InChI=1S/C15H14N2O7/c1-20-10-6-11(21-2)17-15(16-10)24-9-5-3-4-8-12(9)13(14(18)19)23-7-22-8/h3-6,13H,7H2,1-2H3,(H,18,19).